The number of hydrogen-bond donors (Lipinski definition) is 0. The maximum Gasteiger partial charge on any atom is 0.330 e. The Bertz CT molecular complexity index is 520. The average Bonchev–Trinajstić information content (AvgIpc) is 2.89. The van der Waals surface area contributed by atoms with E-state index in [1.807, 2.05) is 36.5 Å². The summed E-state index contributed by atoms with van der Waals surface area (Å²) >= 11 is 0. The molecule has 0 aliphatic carbocycles. The molecule has 1 atom stereocenters. The standard InChI is InChI=1S/C14H16N2O2/c1-3-18-14(17)11(2)16-10-13(9-15-16)12-7-5-4-6-8-12/h4-11H,3H2,1-2H3. The summed E-state index contributed by atoms with van der Waals surface area (Å²) in [4.78, 5) is 11.6. The van der Waals surface area contributed by atoms with E-state index in [4.69, 9.17) is 4.74 Å². The molecule has 0 spiro atoms. The number of aromatic nitrogens is 2. The first-order valence-electron chi connectivity index (χ1n) is 5.98. The fourth-order valence-electron chi connectivity index (χ4n) is 1.70. The first-order valence-corrected chi connectivity index (χ1v) is 5.98. The molecule has 0 fully saturated rings. The number of rotatable bonds is 4. The van der Waals surface area contributed by atoms with E-state index in [1.165, 1.54) is 0 Å². The van der Waals surface area contributed by atoms with Crippen LogP contribution in [0.4, 0.5) is 0 Å². The van der Waals surface area contributed by atoms with Crippen molar-refractivity contribution in [2.75, 3.05) is 6.61 Å². The van der Waals surface area contributed by atoms with E-state index in [0.717, 1.165) is 11.1 Å². The molecular formula is C14H16N2O2. The van der Waals surface area contributed by atoms with Crippen LogP contribution in [-0.4, -0.2) is 22.4 Å². The largest absolute Gasteiger partial charge is 0.464 e. The molecule has 0 aliphatic heterocycles. The molecule has 0 amide bonds. The second kappa shape index (κ2) is 5.49. The lowest BCUT2D eigenvalue weighted by Gasteiger charge is -2.10. The van der Waals surface area contributed by atoms with Crippen molar-refractivity contribution in [3.05, 3.63) is 42.7 Å². The summed E-state index contributed by atoms with van der Waals surface area (Å²) < 4.78 is 6.60. The molecule has 0 bridgehead atoms. The summed E-state index contributed by atoms with van der Waals surface area (Å²) in [5, 5.41) is 4.21. The quantitative estimate of drug-likeness (QED) is 0.777. The number of ether oxygens (including phenoxy) is 1. The fraction of sp³-hybridized carbons (Fsp3) is 0.286. The summed E-state index contributed by atoms with van der Waals surface area (Å²) in [6.45, 7) is 3.96. The average molecular weight is 244 g/mol. The Morgan fingerprint density at radius 1 is 1.33 bits per heavy atom. The van der Waals surface area contributed by atoms with Gasteiger partial charge in [-0.05, 0) is 19.4 Å². The van der Waals surface area contributed by atoms with Gasteiger partial charge in [0.1, 0.15) is 6.04 Å². The number of carbonyl (C=O) groups excluding carboxylic acids is 1. The maximum atomic E-state index is 11.6. The van der Waals surface area contributed by atoms with Crippen LogP contribution in [0.1, 0.15) is 19.9 Å². The minimum absolute atomic E-state index is 0.264. The van der Waals surface area contributed by atoms with E-state index in [9.17, 15) is 4.79 Å². The van der Waals surface area contributed by atoms with Crippen molar-refractivity contribution in [1.82, 2.24) is 9.78 Å². The molecule has 0 saturated heterocycles. The third kappa shape index (κ3) is 2.59. The van der Waals surface area contributed by atoms with Crippen LogP contribution in [0.25, 0.3) is 11.1 Å². The van der Waals surface area contributed by atoms with Gasteiger partial charge in [-0.25, -0.2) is 4.79 Å². The van der Waals surface area contributed by atoms with Crippen molar-refractivity contribution in [2.45, 2.75) is 19.9 Å². The van der Waals surface area contributed by atoms with E-state index in [0.29, 0.717) is 6.61 Å². The molecule has 1 heterocycles. The lowest BCUT2D eigenvalue weighted by molar-refractivity contribution is -0.146. The van der Waals surface area contributed by atoms with Gasteiger partial charge in [0.05, 0.1) is 12.8 Å². The molecule has 1 unspecified atom stereocenters. The van der Waals surface area contributed by atoms with Gasteiger partial charge in [-0.1, -0.05) is 30.3 Å². The summed E-state index contributed by atoms with van der Waals surface area (Å²) in [7, 11) is 0. The highest BCUT2D eigenvalue weighted by Crippen LogP contribution is 2.19. The predicted molar refractivity (Wildman–Crippen MR) is 69.0 cm³/mol. The van der Waals surface area contributed by atoms with Gasteiger partial charge in [0.25, 0.3) is 0 Å². The van der Waals surface area contributed by atoms with Crippen molar-refractivity contribution in [2.24, 2.45) is 0 Å². The van der Waals surface area contributed by atoms with Gasteiger partial charge in [0, 0.05) is 11.8 Å². The van der Waals surface area contributed by atoms with Crippen LogP contribution in [0.3, 0.4) is 0 Å². The van der Waals surface area contributed by atoms with Crippen LogP contribution in [0, 0.1) is 0 Å². The topological polar surface area (TPSA) is 44.1 Å². The highest BCUT2D eigenvalue weighted by Gasteiger charge is 2.17. The smallest absolute Gasteiger partial charge is 0.330 e. The maximum absolute atomic E-state index is 11.6. The highest BCUT2D eigenvalue weighted by molar-refractivity contribution is 5.74. The molecule has 2 rings (SSSR count). The number of nitrogens with zero attached hydrogens (tertiary/aromatic N) is 2. The van der Waals surface area contributed by atoms with Crippen LogP contribution < -0.4 is 0 Å². The number of hydrogen-bond acceptors (Lipinski definition) is 3. The van der Waals surface area contributed by atoms with Gasteiger partial charge in [-0.2, -0.15) is 5.10 Å². The molecule has 94 valence electrons. The van der Waals surface area contributed by atoms with Crippen LogP contribution in [0.5, 0.6) is 0 Å². The van der Waals surface area contributed by atoms with Crippen LogP contribution in [0.2, 0.25) is 0 Å². The summed E-state index contributed by atoms with van der Waals surface area (Å²) in [6, 6.07) is 9.53. The molecule has 1 aromatic heterocycles. The molecular weight excluding hydrogens is 228 g/mol. The second-order valence-corrected chi connectivity index (χ2v) is 4.00. The Kier molecular flexibility index (Phi) is 3.77. The zero-order chi connectivity index (χ0) is 13.0. The number of benzene rings is 1. The van der Waals surface area contributed by atoms with E-state index < -0.39 is 6.04 Å². The van der Waals surface area contributed by atoms with E-state index in [2.05, 4.69) is 5.10 Å². The molecule has 0 radical (unpaired) electrons. The van der Waals surface area contributed by atoms with E-state index >= 15 is 0 Å². The van der Waals surface area contributed by atoms with Gasteiger partial charge in [0.15, 0.2) is 0 Å². The molecule has 2 aromatic rings. The van der Waals surface area contributed by atoms with E-state index in [1.54, 1.807) is 24.7 Å². The van der Waals surface area contributed by atoms with Gasteiger partial charge < -0.3 is 4.74 Å². The molecule has 0 N–H and O–H groups in total. The first kappa shape index (κ1) is 12.4. The lowest BCUT2D eigenvalue weighted by Crippen LogP contribution is -2.19. The molecule has 18 heavy (non-hydrogen) atoms. The minimum atomic E-state index is -0.401. The fourth-order valence-corrected chi connectivity index (χ4v) is 1.70. The van der Waals surface area contributed by atoms with Crippen LogP contribution >= 0.6 is 0 Å². The Morgan fingerprint density at radius 3 is 2.72 bits per heavy atom. The normalized spacial score (nSPS) is 12.1. The number of esters is 1. The van der Waals surface area contributed by atoms with Crippen molar-refractivity contribution < 1.29 is 9.53 Å². The third-order valence-corrected chi connectivity index (χ3v) is 2.73. The van der Waals surface area contributed by atoms with Gasteiger partial charge in [-0.3, -0.25) is 4.68 Å². The van der Waals surface area contributed by atoms with Crippen molar-refractivity contribution in [1.29, 1.82) is 0 Å². The zero-order valence-electron chi connectivity index (χ0n) is 10.5. The van der Waals surface area contributed by atoms with Crippen molar-refractivity contribution >= 4 is 5.97 Å². The summed E-state index contributed by atoms with van der Waals surface area (Å²) in [5.41, 5.74) is 2.08. The van der Waals surface area contributed by atoms with Crippen molar-refractivity contribution in [3.8, 4) is 11.1 Å². The van der Waals surface area contributed by atoms with Crippen LogP contribution in [0.15, 0.2) is 42.7 Å². The van der Waals surface area contributed by atoms with Gasteiger partial charge in [-0.15, -0.1) is 0 Å². The molecule has 1 aromatic carbocycles. The summed E-state index contributed by atoms with van der Waals surface area (Å²) in [6.07, 6.45) is 3.61. The van der Waals surface area contributed by atoms with Gasteiger partial charge in [0.2, 0.25) is 0 Å². The zero-order valence-corrected chi connectivity index (χ0v) is 10.5. The van der Waals surface area contributed by atoms with Crippen molar-refractivity contribution in [3.63, 3.8) is 0 Å². The summed E-state index contributed by atoms with van der Waals surface area (Å²) in [5.74, 6) is -0.264. The Morgan fingerprint density at radius 2 is 2.06 bits per heavy atom. The molecule has 4 nitrogen and oxygen atoms in total. The highest BCUT2D eigenvalue weighted by atomic mass is 16.5. The molecule has 4 heteroatoms. The van der Waals surface area contributed by atoms with Crippen LogP contribution in [-0.2, 0) is 9.53 Å². The monoisotopic (exact) mass is 244 g/mol. The predicted octanol–water partition coefficient (Wildman–Crippen LogP) is 2.67. The second-order valence-electron chi connectivity index (χ2n) is 4.00. The number of carbonyl (C=O) groups is 1. The Labute approximate surface area is 106 Å². The molecule has 0 saturated carbocycles. The lowest BCUT2D eigenvalue weighted by atomic mass is 10.1. The molecule has 0 aliphatic rings. The minimum Gasteiger partial charge on any atom is -0.464 e. The van der Waals surface area contributed by atoms with E-state index in [-0.39, 0.29) is 5.97 Å². The van der Waals surface area contributed by atoms with Gasteiger partial charge >= 0.3 is 5.97 Å². The third-order valence-electron chi connectivity index (χ3n) is 2.73. The first-order chi connectivity index (χ1) is 8.72. The Hall–Kier alpha value is -2.10. The SMILES string of the molecule is CCOC(=O)C(C)n1cc(-c2ccccc2)cn1. The Balaban J connectivity index is 2.18.